The van der Waals surface area contributed by atoms with Gasteiger partial charge < -0.3 is 20.1 Å². The van der Waals surface area contributed by atoms with Crippen molar-refractivity contribution < 1.29 is 19.1 Å². The molecule has 116 valence electrons. The molecule has 7 nitrogen and oxygen atoms in total. The van der Waals surface area contributed by atoms with Crippen LogP contribution in [0, 0.1) is 0 Å². The number of nitrogens with two attached hydrogens (primary N) is 1. The van der Waals surface area contributed by atoms with Crippen molar-refractivity contribution in [3.63, 3.8) is 0 Å². The maximum atomic E-state index is 11.8. The van der Waals surface area contributed by atoms with Crippen LogP contribution in [0.25, 0.3) is 0 Å². The molecule has 7 heteroatoms. The van der Waals surface area contributed by atoms with Gasteiger partial charge in [0.15, 0.2) is 5.94 Å². The average Bonchev–Trinajstić information content (AvgIpc) is 2.99. The van der Waals surface area contributed by atoms with Gasteiger partial charge in [0.25, 0.3) is 11.8 Å². The Hall–Kier alpha value is -2.34. The number of carbonyl (C=O) groups excluding carboxylic acids is 2. The zero-order chi connectivity index (χ0) is 15.5. The van der Waals surface area contributed by atoms with E-state index in [1.165, 1.54) is 0 Å². The van der Waals surface area contributed by atoms with Crippen LogP contribution in [0.5, 0.6) is 0 Å². The number of anilines is 2. The van der Waals surface area contributed by atoms with Crippen LogP contribution in [0.2, 0.25) is 0 Å². The molecule has 2 N–H and O–H groups in total. The number of morpholine rings is 1. The van der Waals surface area contributed by atoms with Gasteiger partial charge in [0.1, 0.15) is 12.7 Å². The minimum absolute atomic E-state index is 0.0554. The van der Waals surface area contributed by atoms with Crippen LogP contribution >= 0.6 is 0 Å². The van der Waals surface area contributed by atoms with Crippen LogP contribution < -0.4 is 15.5 Å². The summed E-state index contributed by atoms with van der Waals surface area (Å²) in [5.41, 5.74) is 7.19. The molecule has 1 aromatic carbocycles. The predicted octanol–water partition coefficient (Wildman–Crippen LogP) is -0.113. The van der Waals surface area contributed by atoms with E-state index >= 15 is 0 Å². The fraction of sp³-hybridized carbons (Fsp3) is 0.400. The minimum Gasteiger partial charge on any atom is -0.464 e. The summed E-state index contributed by atoms with van der Waals surface area (Å²) in [5, 5.41) is 0. The van der Waals surface area contributed by atoms with E-state index in [4.69, 9.17) is 15.2 Å². The molecule has 22 heavy (non-hydrogen) atoms. The smallest absolute Gasteiger partial charge is 0.283 e. The molecular weight excluding hydrogens is 286 g/mol. The van der Waals surface area contributed by atoms with Crippen molar-refractivity contribution in [3.8, 4) is 0 Å². The predicted molar refractivity (Wildman–Crippen MR) is 80.1 cm³/mol. The summed E-state index contributed by atoms with van der Waals surface area (Å²) in [5.74, 6) is 1.88. The zero-order valence-corrected chi connectivity index (χ0v) is 12.0. The molecule has 0 aromatic heterocycles. The summed E-state index contributed by atoms with van der Waals surface area (Å²) in [6.07, 6.45) is -0.211. The third-order valence-electron chi connectivity index (χ3n) is 3.72. The largest absolute Gasteiger partial charge is 0.464 e. The first kappa shape index (κ1) is 14.6. The van der Waals surface area contributed by atoms with Gasteiger partial charge in [0, 0.05) is 24.5 Å². The summed E-state index contributed by atoms with van der Waals surface area (Å²) < 4.78 is 10.5. The number of hydrogen-bond acceptors (Lipinski definition) is 6. The lowest BCUT2D eigenvalue weighted by Gasteiger charge is -2.27. The van der Waals surface area contributed by atoms with E-state index < -0.39 is 0 Å². The topological polar surface area (TPSA) is 85.1 Å². The van der Waals surface area contributed by atoms with E-state index in [1.54, 1.807) is 15.7 Å². The summed E-state index contributed by atoms with van der Waals surface area (Å²) >= 11 is 0. The lowest BCUT2D eigenvalue weighted by Crippen LogP contribution is -2.41. The van der Waals surface area contributed by atoms with E-state index in [0.29, 0.717) is 26.2 Å². The Balaban J connectivity index is 1.79. The van der Waals surface area contributed by atoms with Gasteiger partial charge in [-0.05, 0) is 24.3 Å². The number of nitrogens with zero attached hydrogens (tertiary/aromatic N) is 2. The highest BCUT2D eigenvalue weighted by Gasteiger charge is 2.29. The number of rotatable bonds is 3. The lowest BCUT2D eigenvalue weighted by molar-refractivity contribution is -0.125. The van der Waals surface area contributed by atoms with Gasteiger partial charge >= 0.3 is 0 Å². The minimum atomic E-state index is -0.211. The first-order valence-electron chi connectivity index (χ1n) is 7.10. The molecular formula is C15H17N3O4. The summed E-state index contributed by atoms with van der Waals surface area (Å²) in [6.45, 7) is 2.03. The second-order valence-electron chi connectivity index (χ2n) is 5.11. The molecule has 2 saturated heterocycles. The van der Waals surface area contributed by atoms with Crippen LogP contribution in [-0.4, -0.2) is 50.8 Å². The van der Waals surface area contributed by atoms with Crippen LogP contribution in [-0.2, 0) is 19.1 Å². The molecule has 0 bridgehead atoms. The first-order chi connectivity index (χ1) is 10.7. The zero-order valence-electron chi connectivity index (χ0n) is 12.0. The van der Waals surface area contributed by atoms with E-state index in [2.05, 4.69) is 0 Å². The quantitative estimate of drug-likeness (QED) is 0.784. The molecule has 2 heterocycles. The number of benzene rings is 1. The summed E-state index contributed by atoms with van der Waals surface area (Å²) in [6, 6.07) is 7.38. The second kappa shape index (κ2) is 6.19. The molecule has 0 spiro atoms. The molecule has 0 unspecified atom stereocenters. The van der Waals surface area contributed by atoms with Crippen LogP contribution in [0.3, 0.4) is 0 Å². The molecule has 1 amide bonds. The maximum Gasteiger partial charge on any atom is 0.283 e. The number of amides is 1. The fourth-order valence-corrected chi connectivity index (χ4v) is 2.57. The number of hydrogen-bond donors (Lipinski definition) is 1. The van der Waals surface area contributed by atoms with E-state index in [0.717, 1.165) is 11.4 Å². The van der Waals surface area contributed by atoms with Gasteiger partial charge in [-0.15, -0.1) is 0 Å². The molecule has 0 aliphatic carbocycles. The van der Waals surface area contributed by atoms with Crippen molar-refractivity contribution in [1.82, 2.24) is 0 Å². The fourth-order valence-electron chi connectivity index (χ4n) is 2.57. The molecule has 0 radical (unpaired) electrons. The van der Waals surface area contributed by atoms with Crippen molar-refractivity contribution in [1.29, 1.82) is 0 Å². The highest BCUT2D eigenvalue weighted by molar-refractivity contribution is 5.95. The molecule has 1 aromatic rings. The molecule has 2 aliphatic heterocycles. The van der Waals surface area contributed by atoms with Gasteiger partial charge in [0.05, 0.1) is 13.2 Å². The SMILES string of the molecule is NC[C@H]1CN(c2ccc(N3CCOCC3=O)cc2)C(=C=O)O1. The van der Waals surface area contributed by atoms with E-state index in [1.807, 2.05) is 24.3 Å². The van der Waals surface area contributed by atoms with Crippen LogP contribution in [0.15, 0.2) is 30.1 Å². The van der Waals surface area contributed by atoms with Crippen molar-refractivity contribution in [2.24, 2.45) is 5.73 Å². The van der Waals surface area contributed by atoms with Crippen molar-refractivity contribution in [2.45, 2.75) is 6.10 Å². The van der Waals surface area contributed by atoms with E-state index in [-0.39, 0.29) is 24.5 Å². The Morgan fingerprint density at radius 2 is 1.91 bits per heavy atom. The highest BCUT2D eigenvalue weighted by Crippen LogP contribution is 2.28. The van der Waals surface area contributed by atoms with Crippen molar-refractivity contribution in [2.75, 3.05) is 42.6 Å². The number of ether oxygens (including phenoxy) is 2. The van der Waals surface area contributed by atoms with Crippen LogP contribution in [0.4, 0.5) is 11.4 Å². The monoisotopic (exact) mass is 303 g/mol. The Labute approximate surface area is 127 Å². The Morgan fingerprint density at radius 1 is 1.23 bits per heavy atom. The Morgan fingerprint density at radius 3 is 2.50 bits per heavy atom. The molecule has 0 saturated carbocycles. The third kappa shape index (κ3) is 2.69. The van der Waals surface area contributed by atoms with Crippen LogP contribution in [0.1, 0.15) is 0 Å². The molecule has 2 fully saturated rings. The van der Waals surface area contributed by atoms with Crippen molar-refractivity contribution in [3.05, 3.63) is 30.1 Å². The van der Waals surface area contributed by atoms with Gasteiger partial charge in [-0.1, -0.05) is 0 Å². The number of carbonyl (C=O) groups is 1. The van der Waals surface area contributed by atoms with Gasteiger partial charge in [-0.3, -0.25) is 9.69 Å². The normalized spacial score (nSPS) is 21.8. The van der Waals surface area contributed by atoms with Crippen molar-refractivity contribution >= 4 is 23.2 Å². The van der Waals surface area contributed by atoms with Gasteiger partial charge in [-0.25, -0.2) is 4.79 Å². The molecule has 1 atom stereocenters. The lowest BCUT2D eigenvalue weighted by atomic mass is 10.2. The third-order valence-corrected chi connectivity index (χ3v) is 3.72. The molecule has 2 aliphatic rings. The Bertz CT molecular complexity index is 610. The maximum absolute atomic E-state index is 11.8. The Kier molecular flexibility index (Phi) is 4.11. The van der Waals surface area contributed by atoms with Gasteiger partial charge in [-0.2, -0.15) is 0 Å². The molecule has 3 rings (SSSR count). The summed E-state index contributed by atoms with van der Waals surface area (Å²) in [7, 11) is 0. The van der Waals surface area contributed by atoms with E-state index in [9.17, 15) is 9.59 Å². The average molecular weight is 303 g/mol. The first-order valence-corrected chi connectivity index (χ1v) is 7.10. The highest BCUT2D eigenvalue weighted by atomic mass is 16.5. The second-order valence-corrected chi connectivity index (χ2v) is 5.11. The standard InChI is InChI=1S/C15H17N3O4/c16-7-13-8-18(15(9-19)22-13)12-3-1-11(2-4-12)17-5-6-21-10-14(17)20/h1-4,13H,5-8,10,16H2/t13-/m0/s1. The summed E-state index contributed by atoms with van der Waals surface area (Å²) in [4.78, 5) is 26.2. The van der Waals surface area contributed by atoms with Gasteiger partial charge in [0.2, 0.25) is 0 Å².